The van der Waals surface area contributed by atoms with Crippen LogP contribution in [-0.2, 0) is 29.1 Å². The largest absolute Gasteiger partial charge is 0.375 e. The molecule has 0 spiro atoms. The summed E-state index contributed by atoms with van der Waals surface area (Å²) in [4.78, 5) is 23.7. The number of likely N-dealkylation sites (tertiary alicyclic amines) is 1. The number of hydrogen-bond donors (Lipinski definition) is 0. The summed E-state index contributed by atoms with van der Waals surface area (Å²) < 4.78 is 10.1. The highest BCUT2D eigenvalue weighted by molar-refractivity contribution is 7.11. The minimum Gasteiger partial charge on any atom is -0.375 e. The van der Waals surface area contributed by atoms with E-state index in [4.69, 9.17) is 9.26 Å². The van der Waals surface area contributed by atoms with Crippen LogP contribution in [0.2, 0.25) is 0 Å². The average Bonchev–Trinajstić information content (AvgIpc) is 3.24. The number of amides is 1. The van der Waals surface area contributed by atoms with Crippen LogP contribution in [0.4, 0.5) is 0 Å². The first kappa shape index (κ1) is 20.0. The second-order valence-corrected chi connectivity index (χ2v) is 8.42. The van der Waals surface area contributed by atoms with Gasteiger partial charge in [-0.2, -0.15) is 4.98 Å². The molecule has 148 valence electrons. The van der Waals surface area contributed by atoms with Gasteiger partial charge in [-0.3, -0.25) is 9.69 Å². The lowest BCUT2D eigenvalue weighted by atomic mass is 10.0. The lowest BCUT2D eigenvalue weighted by Crippen LogP contribution is -2.50. The number of methoxy groups -OCH3 is 1. The molecular weight excluding hydrogens is 364 g/mol. The van der Waals surface area contributed by atoms with Crippen molar-refractivity contribution in [2.24, 2.45) is 0 Å². The molecule has 3 heterocycles. The van der Waals surface area contributed by atoms with Crippen molar-refractivity contribution < 1.29 is 14.1 Å². The van der Waals surface area contributed by atoms with Crippen LogP contribution in [0.3, 0.4) is 0 Å². The fourth-order valence-corrected chi connectivity index (χ4v) is 4.54. The molecule has 0 bridgehead atoms. The van der Waals surface area contributed by atoms with E-state index in [0.29, 0.717) is 31.3 Å². The Balaban J connectivity index is 1.57. The minimum atomic E-state index is 0.106. The molecule has 0 N–H and O–H groups in total. The maximum atomic E-state index is 12.3. The molecule has 3 rings (SSSR count). The smallest absolute Gasteiger partial charge is 0.252 e. The molecule has 0 radical (unpaired) electrons. The zero-order valence-corrected chi connectivity index (χ0v) is 17.1. The molecule has 1 atom stereocenters. The van der Waals surface area contributed by atoms with Gasteiger partial charge in [0, 0.05) is 55.9 Å². The summed E-state index contributed by atoms with van der Waals surface area (Å²) >= 11 is 1.85. The number of aryl methyl sites for hydroxylation is 1. The molecule has 7 nitrogen and oxygen atoms in total. The van der Waals surface area contributed by atoms with Crippen LogP contribution in [0.1, 0.15) is 41.2 Å². The number of carbonyl (C=O) groups is 1. The van der Waals surface area contributed by atoms with Gasteiger partial charge in [0.05, 0.1) is 0 Å². The number of ether oxygens (including phenoxy) is 1. The van der Waals surface area contributed by atoms with Crippen LogP contribution < -0.4 is 0 Å². The van der Waals surface area contributed by atoms with Crippen molar-refractivity contribution in [2.75, 3.05) is 26.7 Å². The first-order valence-electron chi connectivity index (χ1n) is 9.40. The van der Waals surface area contributed by atoms with Gasteiger partial charge in [0.25, 0.3) is 5.89 Å². The Morgan fingerprint density at radius 1 is 1.48 bits per heavy atom. The van der Waals surface area contributed by atoms with E-state index in [-0.39, 0.29) is 11.9 Å². The van der Waals surface area contributed by atoms with E-state index in [9.17, 15) is 4.79 Å². The van der Waals surface area contributed by atoms with Crippen LogP contribution in [0.15, 0.2) is 16.7 Å². The SMILES string of the molecule is COCc1nc(CCN(C(C)=O)C2CCCN(Cc3ccc(C)s3)C2)no1. The van der Waals surface area contributed by atoms with E-state index >= 15 is 0 Å². The van der Waals surface area contributed by atoms with E-state index in [0.717, 1.165) is 32.5 Å². The summed E-state index contributed by atoms with van der Waals surface area (Å²) in [5, 5.41) is 3.97. The maximum Gasteiger partial charge on any atom is 0.252 e. The van der Waals surface area contributed by atoms with E-state index < -0.39 is 0 Å². The molecule has 0 aliphatic carbocycles. The Morgan fingerprint density at radius 2 is 2.33 bits per heavy atom. The third kappa shape index (κ3) is 5.60. The summed E-state index contributed by atoms with van der Waals surface area (Å²) in [5.74, 6) is 1.20. The van der Waals surface area contributed by atoms with Gasteiger partial charge >= 0.3 is 0 Å². The zero-order valence-electron chi connectivity index (χ0n) is 16.3. The fourth-order valence-electron chi connectivity index (χ4n) is 3.61. The number of carbonyl (C=O) groups excluding carboxylic acids is 1. The van der Waals surface area contributed by atoms with Crippen LogP contribution >= 0.6 is 11.3 Å². The van der Waals surface area contributed by atoms with Gasteiger partial charge in [-0.15, -0.1) is 11.3 Å². The number of piperidine rings is 1. The first-order valence-corrected chi connectivity index (χ1v) is 10.2. The molecule has 1 saturated heterocycles. The maximum absolute atomic E-state index is 12.3. The number of rotatable bonds is 8. The van der Waals surface area contributed by atoms with Crippen LogP contribution in [0.25, 0.3) is 0 Å². The van der Waals surface area contributed by atoms with Gasteiger partial charge in [-0.1, -0.05) is 5.16 Å². The second-order valence-electron chi connectivity index (χ2n) is 7.04. The normalized spacial score (nSPS) is 18.0. The average molecular weight is 393 g/mol. The predicted molar refractivity (Wildman–Crippen MR) is 103 cm³/mol. The Morgan fingerprint density at radius 3 is 3.04 bits per heavy atom. The van der Waals surface area contributed by atoms with Crippen molar-refractivity contribution >= 4 is 17.2 Å². The Labute approximate surface area is 164 Å². The molecule has 2 aromatic rings. The second kappa shape index (κ2) is 9.43. The highest BCUT2D eigenvalue weighted by Gasteiger charge is 2.27. The molecule has 1 amide bonds. The van der Waals surface area contributed by atoms with Crippen LogP contribution in [0.5, 0.6) is 0 Å². The van der Waals surface area contributed by atoms with Crippen molar-refractivity contribution in [1.29, 1.82) is 0 Å². The number of thiophene rings is 1. The Kier molecular flexibility index (Phi) is 6.98. The summed E-state index contributed by atoms with van der Waals surface area (Å²) in [5.41, 5.74) is 0. The van der Waals surface area contributed by atoms with E-state index in [1.165, 1.54) is 9.75 Å². The molecule has 8 heteroatoms. The summed E-state index contributed by atoms with van der Waals surface area (Å²) in [6, 6.07) is 4.62. The van der Waals surface area contributed by atoms with Gasteiger partial charge in [-0.05, 0) is 38.4 Å². The monoisotopic (exact) mass is 392 g/mol. The molecule has 0 aromatic carbocycles. The number of aromatic nitrogens is 2. The predicted octanol–water partition coefficient (Wildman–Crippen LogP) is 2.64. The Bertz CT molecular complexity index is 745. The summed E-state index contributed by atoms with van der Waals surface area (Å²) in [6.45, 7) is 7.67. The zero-order chi connectivity index (χ0) is 19.2. The molecule has 27 heavy (non-hydrogen) atoms. The highest BCUT2D eigenvalue weighted by Crippen LogP contribution is 2.22. The lowest BCUT2D eigenvalue weighted by Gasteiger charge is -2.39. The molecular formula is C19H28N4O3S. The van der Waals surface area contributed by atoms with Crippen molar-refractivity contribution in [3.63, 3.8) is 0 Å². The Hall–Kier alpha value is -1.77. The van der Waals surface area contributed by atoms with Gasteiger partial charge in [-0.25, -0.2) is 0 Å². The summed E-state index contributed by atoms with van der Waals surface area (Å²) in [6.07, 6.45) is 2.74. The van der Waals surface area contributed by atoms with Crippen molar-refractivity contribution in [1.82, 2.24) is 19.9 Å². The van der Waals surface area contributed by atoms with Crippen LogP contribution in [0, 0.1) is 6.92 Å². The van der Waals surface area contributed by atoms with E-state index in [1.807, 2.05) is 16.2 Å². The van der Waals surface area contributed by atoms with Crippen molar-refractivity contribution in [3.05, 3.63) is 33.6 Å². The molecule has 2 aromatic heterocycles. The fraction of sp³-hybridized carbons (Fsp3) is 0.632. The quantitative estimate of drug-likeness (QED) is 0.688. The highest BCUT2D eigenvalue weighted by atomic mass is 32.1. The van der Waals surface area contributed by atoms with Gasteiger partial charge < -0.3 is 14.2 Å². The topological polar surface area (TPSA) is 71.7 Å². The van der Waals surface area contributed by atoms with E-state index in [2.05, 4.69) is 34.1 Å². The van der Waals surface area contributed by atoms with E-state index in [1.54, 1.807) is 14.0 Å². The van der Waals surface area contributed by atoms with Gasteiger partial charge in [0.2, 0.25) is 5.91 Å². The number of hydrogen-bond acceptors (Lipinski definition) is 7. The molecule has 0 saturated carbocycles. The number of nitrogens with zero attached hydrogens (tertiary/aromatic N) is 4. The first-order chi connectivity index (χ1) is 13.0. The minimum absolute atomic E-state index is 0.106. The third-order valence-electron chi connectivity index (χ3n) is 4.86. The molecule has 1 fully saturated rings. The molecule has 1 aliphatic rings. The molecule has 1 aliphatic heterocycles. The van der Waals surface area contributed by atoms with Gasteiger partial charge in [0.1, 0.15) is 6.61 Å². The standard InChI is InChI=1S/C19H28N4O3S/c1-14-6-7-17(27-14)12-22-9-4-5-16(11-22)23(15(2)24)10-8-18-20-19(13-25-3)26-21-18/h6-7,16H,4-5,8-13H2,1-3H3. The van der Waals surface area contributed by atoms with Crippen LogP contribution in [-0.4, -0.2) is 58.6 Å². The third-order valence-corrected chi connectivity index (χ3v) is 5.84. The van der Waals surface area contributed by atoms with Crippen molar-refractivity contribution in [3.8, 4) is 0 Å². The summed E-state index contributed by atoms with van der Waals surface area (Å²) in [7, 11) is 1.59. The van der Waals surface area contributed by atoms with Gasteiger partial charge in [0.15, 0.2) is 5.82 Å². The molecule has 1 unspecified atom stereocenters. The lowest BCUT2D eigenvalue weighted by molar-refractivity contribution is -0.132. The van der Waals surface area contributed by atoms with Crippen molar-refractivity contribution in [2.45, 2.75) is 52.3 Å².